The lowest BCUT2D eigenvalue weighted by Crippen LogP contribution is -2.28. The number of aryl methyl sites for hydroxylation is 2. The summed E-state index contributed by atoms with van der Waals surface area (Å²) in [5.41, 5.74) is 4.08. The third-order valence-corrected chi connectivity index (χ3v) is 8.84. The van der Waals surface area contributed by atoms with E-state index >= 15 is 0 Å². The summed E-state index contributed by atoms with van der Waals surface area (Å²) in [6.07, 6.45) is 4.70. The minimum Gasteiger partial charge on any atom is -0.350 e. The fraction of sp³-hybridized carbons (Fsp3) is 0.304. The fourth-order valence-electron chi connectivity index (χ4n) is 4.74. The summed E-state index contributed by atoms with van der Waals surface area (Å²) in [6.45, 7) is 2.05. The van der Waals surface area contributed by atoms with Crippen LogP contribution in [0.3, 0.4) is 0 Å². The molecule has 2 heterocycles. The molecule has 0 fully saturated rings. The number of benzene rings is 2. The molecule has 0 aliphatic rings. The van der Waals surface area contributed by atoms with Gasteiger partial charge in [-0.1, -0.05) is 43.3 Å². The summed E-state index contributed by atoms with van der Waals surface area (Å²) >= 11 is 0. The van der Waals surface area contributed by atoms with E-state index < -0.39 is 12.8 Å². The molecule has 0 N–H and O–H groups in total. The van der Waals surface area contributed by atoms with Crippen molar-refractivity contribution in [1.29, 1.82) is 0 Å². The zero-order chi connectivity index (χ0) is 20.8. The first-order valence-electron chi connectivity index (χ1n) is 9.74. The molecule has 0 saturated carbocycles. The van der Waals surface area contributed by atoms with E-state index in [4.69, 9.17) is 9.05 Å². The van der Waals surface area contributed by atoms with Crippen LogP contribution in [0, 0.1) is 0 Å². The minimum absolute atomic E-state index is 0.563. The van der Waals surface area contributed by atoms with Crippen LogP contribution in [0.4, 0.5) is 0 Å². The van der Waals surface area contributed by atoms with Crippen LogP contribution in [0.15, 0.2) is 60.9 Å². The lowest BCUT2D eigenvalue weighted by Gasteiger charge is -2.37. The van der Waals surface area contributed by atoms with Crippen LogP contribution in [0.2, 0.25) is 0 Å². The molecular formula is C23H27N2O3P. The van der Waals surface area contributed by atoms with Gasteiger partial charge in [-0.05, 0) is 18.6 Å². The molecule has 2 aromatic carbocycles. The molecular weight excluding hydrogens is 383 g/mol. The molecule has 5 nitrogen and oxygen atoms in total. The molecule has 4 aromatic rings. The first-order valence-corrected chi connectivity index (χ1v) is 11.3. The minimum atomic E-state index is -3.57. The summed E-state index contributed by atoms with van der Waals surface area (Å²) < 4.78 is 29.8. The van der Waals surface area contributed by atoms with Gasteiger partial charge in [0, 0.05) is 73.6 Å². The van der Waals surface area contributed by atoms with Gasteiger partial charge in [0.2, 0.25) is 0 Å². The molecule has 0 aliphatic heterocycles. The van der Waals surface area contributed by atoms with Crippen molar-refractivity contribution < 1.29 is 13.6 Å². The molecule has 29 heavy (non-hydrogen) atoms. The first kappa shape index (κ1) is 20.0. The van der Waals surface area contributed by atoms with E-state index in [0.717, 1.165) is 32.9 Å². The number of rotatable bonds is 6. The Morgan fingerprint density at radius 2 is 1.24 bits per heavy atom. The zero-order valence-electron chi connectivity index (χ0n) is 17.5. The summed E-state index contributed by atoms with van der Waals surface area (Å²) in [4.78, 5) is 0. The van der Waals surface area contributed by atoms with Gasteiger partial charge in [0.05, 0.1) is 0 Å². The molecule has 6 heteroatoms. The quantitative estimate of drug-likeness (QED) is 0.377. The van der Waals surface area contributed by atoms with Crippen molar-refractivity contribution in [3.05, 3.63) is 72.1 Å². The number of aromatic nitrogens is 2. The van der Waals surface area contributed by atoms with Crippen LogP contribution in [-0.2, 0) is 32.9 Å². The van der Waals surface area contributed by atoms with Gasteiger partial charge in [-0.25, -0.2) is 0 Å². The fourth-order valence-corrected chi connectivity index (χ4v) is 6.85. The van der Waals surface area contributed by atoms with E-state index in [1.54, 1.807) is 0 Å². The van der Waals surface area contributed by atoms with Crippen molar-refractivity contribution in [3.63, 3.8) is 0 Å². The highest BCUT2D eigenvalue weighted by Gasteiger charge is 2.54. The Morgan fingerprint density at radius 3 is 1.62 bits per heavy atom. The highest BCUT2D eigenvalue weighted by molar-refractivity contribution is 7.55. The van der Waals surface area contributed by atoms with Gasteiger partial charge in [0.1, 0.15) is 5.16 Å². The van der Waals surface area contributed by atoms with Gasteiger partial charge in [0.15, 0.2) is 0 Å². The summed E-state index contributed by atoms with van der Waals surface area (Å²) in [5.74, 6) is 0. The van der Waals surface area contributed by atoms with Crippen molar-refractivity contribution in [2.24, 2.45) is 14.1 Å². The average molecular weight is 410 g/mol. The Balaban J connectivity index is 2.20. The van der Waals surface area contributed by atoms with Gasteiger partial charge in [-0.15, -0.1) is 0 Å². The maximum atomic E-state index is 14.2. The number of hydrogen-bond donors (Lipinski definition) is 0. The third-order valence-electron chi connectivity index (χ3n) is 6.14. The smallest absolute Gasteiger partial charge is 0.345 e. The number of nitrogens with zero attached hydrogens (tertiary/aromatic N) is 2. The molecule has 0 spiro atoms. The molecule has 0 unspecified atom stereocenters. The monoisotopic (exact) mass is 410 g/mol. The molecule has 0 aliphatic carbocycles. The second kappa shape index (κ2) is 7.17. The number of hydrogen-bond acceptors (Lipinski definition) is 3. The second-order valence-electron chi connectivity index (χ2n) is 7.42. The maximum Gasteiger partial charge on any atom is 0.345 e. The van der Waals surface area contributed by atoms with Crippen molar-refractivity contribution in [2.45, 2.75) is 18.5 Å². The standard InChI is InChI=1S/C23H27N2O3P/c1-6-23(29(26,27-4)28-5,19-15-24(2)21-13-9-7-11-17(19)21)20-16-25(3)22-14-10-8-12-18(20)22/h7-16H,6H2,1-5H3. The lowest BCUT2D eigenvalue weighted by molar-refractivity contribution is 0.251. The van der Waals surface area contributed by atoms with Crippen molar-refractivity contribution in [1.82, 2.24) is 9.13 Å². The van der Waals surface area contributed by atoms with Crippen LogP contribution in [0.25, 0.3) is 21.8 Å². The molecule has 0 radical (unpaired) electrons. The Kier molecular flexibility index (Phi) is 4.94. The van der Waals surface area contributed by atoms with E-state index in [1.165, 1.54) is 14.2 Å². The van der Waals surface area contributed by atoms with E-state index in [-0.39, 0.29) is 0 Å². The summed E-state index contributed by atoms with van der Waals surface area (Å²) in [7, 11) is 3.41. The predicted molar refractivity (Wildman–Crippen MR) is 119 cm³/mol. The van der Waals surface area contributed by atoms with E-state index in [2.05, 4.69) is 45.8 Å². The van der Waals surface area contributed by atoms with Gasteiger partial charge in [-0.2, -0.15) is 0 Å². The lowest BCUT2D eigenvalue weighted by atomic mass is 9.87. The normalized spacial score (nSPS) is 12.9. The molecule has 0 saturated heterocycles. The Hall–Kier alpha value is -2.33. The number of para-hydroxylation sites is 2. The molecule has 0 amide bonds. The molecule has 4 rings (SSSR count). The number of fused-ring (bicyclic) bond motifs is 2. The molecule has 0 bridgehead atoms. The van der Waals surface area contributed by atoms with E-state index in [1.807, 2.05) is 45.3 Å². The zero-order valence-corrected chi connectivity index (χ0v) is 18.4. The summed E-state index contributed by atoms with van der Waals surface area (Å²) in [6, 6.07) is 16.4. The highest BCUT2D eigenvalue weighted by atomic mass is 31.2. The first-order chi connectivity index (χ1) is 13.9. The van der Waals surface area contributed by atoms with Crippen molar-refractivity contribution >= 4 is 29.4 Å². The third kappa shape index (κ3) is 2.65. The Morgan fingerprint density at radius 1 is 0.828 bits per heavy atom. The SMILES string of the molecule is CCC(c1cn(C)c2ccccc12)(c1cn(C)c2ccccc12)P(=O)(OC)OC. The van der Waals surface area contributed by atoms with Gasteiger partial charge in [0.25, 0.3) is 0 Å². The van der Waals surface area contributed by atoms with Gasteiger partial charge >= 0.3 is 7.60 Å². The van der Waals surface area contributed by atoms with Crippen molar-refractivity contribution in [2.75, 3.05) is 14.2 Å². The van der Waals surface area contributed by atoms with Crippen LogP contribution < -0.4 is 0 Å². The van der Waals surface area contributed by atoms with E-state index in [9.17, 15) is 4.57 Å². The average Bonchev–Trinajstić information content (AvgIpc) is 3.27. The van der Waals surface area contributed by atoms with Crippen molar-refractivity contribution in [3.8, 4) is 0 Å². The predicted octanol–water partition coefficient (Wildman–Crippen LogP) is 5.81. The summed E-state index contributed by atoms with van der Waals surface area (Å²) in [5, 5.41) is 1.16. The van der Waals surface area contributed by atoms with Gasteiger partial charge < -0.3 is 18.2 Å². The van der Waals surface area contributed by atoms with E-state index in [0.29, 0.717) is 6.42 Å². The maximum absolute atomic E-state index is 14.2. The Labute approximate surface area is 171 Å². The Bertz CT molecular complexity index is 1150. The molecule has 0 atom stereocenters. The largest absolute Gasteiger partial charge is 0.350 e. The van der Waals surface area contributed by atoms with Crippen LogP contribution in [-0.4, -0.2) is 23.4 Å². The topological polar surface area (TPSA) is 45.4 Å². The van der Waals surface area contributed by atoms with Crippen LogP contribution in [0.5, 0.6) is 0 Å². The highest BCUT2D eigenvalue weighted by Crippen LogP contribution is 2.70. The molecule has 2 aromatic heterocycles. The second-order valence-corrected chi connectivity index (χ2v) is 9.91. The molecule has 152 valence electrons. The van der Waals surface area contributed by atoms with Crippen LogP contribution in [0.1, 0.15) is 24.5 Å². The van der Waals surface area contributed by atoms with Crippen LogP contribution >= 0.6 is 7.60 Å². The van der Waals surface area contributed by atoms with Gasteiger partial charge in [-0.3, -0.25) is 4.57 Å².